The monoisotopic (exact) mass is 418 g/mol. The molecule has 0 fully saturated rings. The van der Waals surface area contributed by atoms with E-state index in [4.69, 9.17) is 10.5 Å². The standard InChI is InChI=1S/C22H22N6O3/c1-13(29)25-15-5-8-17-18(11-15)21(30)28(2)19-12-24-22(27-20(17)19)26-14-3-6-16(7-4-14)31-10-9-23/h3-8,11-12H,9-10,23H2,1-2H3,(H,25,29)(H,24,26,27). The Morgan fingerprint density at radius 3 is 2.58 bits per heavy atom. The van der Waals surface area contributed by atoms with E-state index in [2.05, 4.69) is 20.6 Å². The van der Waals surface area contributed by atoms with E-state index in [-0.39, 0.29) is 11.5 Å². The van der Waals surface area contributed by atoms with Crippen LogP contribution < -0.4 is 26.7 Å². The molecule has 0 spiro atoms. The predicted molar refractivity (Wildman–Crippen MR) is 121 cm³/mol. The largest absolute Gasteiger partial charge is 0.492 e. The van der Waals surface area contributed by atoms with Crippen molar-refractivity contribution in [3.63, 3.8) is 0 Å². The lowest BCUT2D eigenvalue weighted by Gasteiger charge is -2.12. The van der Waals surface area contributed by atoms with Gasteiger partial charge in [-0.05, 0) is 42.5 Å². The molecule has 2 aromatic heterocycles. The minimum absolute atomic E-state index is 0.188. The molecule has 158 valence electrons. The van der Waals surface area contributed by atoms with Gasteiger partial charge in [0.1, 0.15) is 17.9 Å². The Hall–Kier alpha value is -3.98. The summed E-state index contributed by atoms with van der Waals surface area (Å²) in [5.41, 5.74) is 7.85. The number of aryl methyl sites for hydroxylation is 1. The molecule has 4 aromatic rings. The number of fused-ring (bicyclic) bond motifs is 3. The van der Waals surface area contributed by atoms with Crippen LogP contribution in [0.4, 0.5) is 17.3 Å². The van der Waals surface area contributed by atoms with Crippen LogP contribution in [0.3, 0.4) is 0 Å². The highest BCUT2D eigenvalue weighted by atomic mass is 16.5. The van der Waals surface area contributed by atoms with Crippen LogP contribution >= 0.6 is 0 Å². The summed E-state index contributed by atoms with van der Waals surface area (Å²) in [7, 11) is 1.67. The van der Waals surface area contributed by atoms with Gasteiger partial charge in [-0.25, -0.2) is 9.97 Å². The molecule has 0 aliphatic heterocycles. The Morgan fingerprint density at radius 2 is 1.87 bits per heavy atom. The molecule has 2 heterocycles. The molecule has 0 aliphatic rings. The first kappa shape index (κ1) is 20.3. The smallest absolute Gasteiger partial charge is 0.258 e. The second kappa shape index (κ2) is 8.41. The maximum atomic E-state index is 12.8. The Bertz CT molecular complexity index is 1330. The quantitative estimate of drug-likeness (QED) is 0.411. The van der Waals surface area contributed by atoms with E-state index < -0.39 is 0 Å². The van der Waals surface area contributed by atoms with Crippen LogP contribution in [0, 0.1) is 0 Å². The molecule has 0 unspecified atom stereocenters. The van der Waals surface area contributed by atoms with Crippen LogP contribution in [-0.4, -0.2) is 33.6 Å². The van der Waals surface area contributed by atoms with Crippen molar-refractivity contribution >= 4 is 45.0 Å². The van der Waals surface area contributed by atoms with E-state index >= 15 is 0 Å². The van der Waals surface area contributed by atoms with Crippen molar-refractivity contribution in [3.05, 3.63) is 59.0 Å². The number of anilines is 3. The number of hydrogen-bond donors (Lipinski definition) is 3. The summed E-state index contributed by atoms with van der Waals surface area (Å²) >= 11 is 0. The van der Waals surface area contributed by atoms with Gasteiger partial charge in [0.15, 0.2) is 0 Å². The number of nitrogens with two attached hydrogens (primary N) is 1. The summed E-state index contributed by atoms with van der Waals surface area (Å²) in [5, 5.41) is 7.02. The Balaban J connectivity index is 1.73. The molecule has 0 bridgehead atoms. The molecule has 4 rings (SSSR count). The number of ether oxygens (including phenoxy) is 1. The van der Waals surface area contributed by atoms with Gasteiger partial charge in [0, 0.05) is 37.3 Å². The van der Waals surface area contributed by atoms with E-state index in [1.807, 2.05) is 24.3 Å². The Labute approximate surface area is 177 Å². The zero-order valence-electron chi connectivity index (χ0n) is 17.2. The van der Waals surface area contributed by atoms with Gasteiger partial charge in [0.25, 0.3) is 5.56 Å². The number of pyridine rings is 1. The van der Waals surface area contributed by atoms with Gasteiger partial charge in [0.2, 0.25) is 11.9 Å². The first-order valence-electron chi connectivity index (χ1n) is 9.73. The van der Waals surface area contributed by atoms with Crippen molar-refractivity contribution in [2.75, 3.05) is 23.8 Å². The van der Waals surface area contributed by atoms with Crippen molar-refractivity contribution in [1.82, 2.24) is 14.5 Å². The van der Waals surface area contributed by atoms with Crippen molar-refractivity contribution in [2.45, 2.75) is 6.92 Å². The van der Waals surface area contributed by atoms with Gasteiger partial charge in [-0.2, -0.15) is 0 Å². The third-order valence-electron chi connectivity index (χ3n) is 4.76. The third-order valence-corrected chi connectivity index (χ3v) is 4.76. The van der Waals surface area contributed by atoms with Crippen LogP contribution in [-0.2, 0) is 11.8 Å². The predicted octanol–water partition coefficient (Wildman–Crippen LogP) is 2.52. The number of hydrogen-bond acceptors (Lipinski definition) is 7. The van der Waals surface area contributed by atoms with Gasteiger partial charge < -0.3 is 25.7 Å². The fourth-order valence-corrected chi connectivity index (χ4v) is 3.32. The third kappa shape index (κ3) is 4.17. The molecule has 9 heteroatoms. The normalized spacial score (nSPS) is 10.9. The zero-order valence-corrected chi connectivity index (χ0v) is 17.2. The number of amides is 1. The number of carbonyl (C=O) groups is 1. The van der Waals surface area contributed by atoms with Gasteiger partial charge in [-0.15, -0.1) is 0 Å². The van der Waals surface area contributed by atoms with Gasteiger partial charge in [0.05, 0.1) is 17.1 Å². The highest BCUT2D eigenvalue weighted by molar-refractivity contribution is 6.05. The minimum Gasteiger partial charge on any atom is -0.492 e. The Kier molecular flexibility index (Phi) is 5.50. The van der Waals surface area contributed by atoms with Gasteiger partial charge in [-0.3, -0.25) is 9.59 Å². The molecule has 31 heavy (non-hydrogen) atoms. The lowest BCUT2D eigenvalue weighted by Crippen LogP contribution is -2.18. The molecule has 0 radical (unpaired) electrons. The minimum atomic E-state index is -0.203. The maximum absolute atomic E-state index is 12.8. The molecule has 0 aliphatic carbocycles. The lowest BCUT2D eigenvalue weighted by molar-refractivity contribution is -0.114. The van der Waals surface area contributed by atoms with E-state index in [0.29, 0.717) is 46.6 Å². The van der Waals surface area contributed by atoms with Crippen molar-refractivity contribution in [2.24, 2.45) is 12.8 Å². The van der Waals surface area contributed by atoms with Crippen molar-refractivity contribution in [3.8, 4) is 5.75 Å². The van der Waals surface area contributed by atoms with E-state index in [1.165, 1.54) is 11.5 Å². The van der Waals surface area contributed by atoms with Crippen molar-refractivity contribution < 1.29 is 9.53 Å². The molecule has 4 N–H and O–H groups in total. The van der Waals surface area contributed by atoms with Gasteiger partial charge in [-0.1, -0.05) is 0 Å². The molecular formula is C22H22N6O3. The number of carbonyl (C=O) groups excluding carboxylic acids is 1. The second-order valence-electron chi connectivity index (χ2n) is 7.02. The fraction of sp³-hybridized carbons (Fsp3) is 0.182. The number of nitrogens with one attached hydrogen (secondary N) is 2. The number of nitrogens with zero attached hydrogens (tertiary/aromatic N) is 3. The molecule has 2 aromatic carbocycles. The van der Waals surface area contributed by atoms with Crippen LogP contribution in [0.5, 0.6) is 5.75 Å². The van der Waals surface area contributed by atoms with Crippen LogP contribution in [0.2, 0.25) is 0 Å². The average molecular weight is 418 g/mol. The van der Waals surface area contributed by atoms with Crippen LogP contribution in [0.15, 0.2) is 53.5 Å². The van der Waals surface area contributed by atoms with Crippen LogP contribution in [0.25, 0.3) is 21.8 Å². The molecule has 1 amide bonds. The lowest BCUT2D eigenvalue weighted by atomic mass is 10.1. The number of benzene rings is 2. The van der Waals surface area contributed by atoms with Crippen molar-refractivity contribution in [1.29, 1.82) is 0 Å². The maximum Gasteiger partial charge on any atom is 0.258 e. The summed E-state index contributed by atoms with van der Waals surface area (Å²) in [6.45, 7) is 2.33. The first-order valence-corrected chi connectivity index (χ1v) is 9.73. The highest BCUT2D eigenvalue weighted by Crippen LogP contribution is 2.25. The molecular weight excluding hydrogens is 396 g/mol. The SMILES string of the molecule is CC(=O)Nc1ccc2c(c1)c(=O)n(C)c1cnc(Nc3ccc(OCCN)cc3)nc21. The first-order chi connectivity index (χ1) is 15.0. The molecule has 0 atom stereocenters. The molecule has 0 saturated carbocycles. The second-order valence-corrected chi connectivity index (χ2v) is 7.02. The van der Waals surface area contributed by atoms with E-state index in [9.17, 15) is 9.59 Å². The average Bonchev–Trinajstić information content (AvgIpc) is 2.76. The molecule has 0 saturated heterocycles. The zero-order chi connectivity index (χ0) is 22.0. The van der Waals surface area contributed by atoms with Crippen LogP contribution in [0.1, 0.15) is 6.92 Å². The summed E-state index contributed by atoms with van der Waals surface area (Å²) in [6, 6.07) is 12.6. The van der Waals surface area contributed by atoms with Gasteiger partial charge >= 0.3 is 0 Å². The summed E-state index contributed by atoms with van der Waals surface area (Å²) < 4.78 is 6.98. The topological polar surface area (TPSA) is 124 Å². The van der Waals surface area contributed by atoms with E-state index in [1.54, 1.807) is 31.4 Å². The number of aromatic nitrogens is 3. The Morgan fingerprint density at radius 1 is 1.13 bits per heavy atom. The fourth-order valence-electron chi connectivity index (χ4n) is 3.32. The molecule has 9 nitrogen and oxygen atoms in total. The number of rotatable bonds is 6. The highest BCUT2D eigenvalue weighted by Gasteiger charge is 2.12. The summed E-state index contributed by atoms with van der Waals surface area (Å²) in [6.07, 6.45) is 1.62. The van der Waals surface area contributed by atoms with E-state index in [0.717, 1.165) is 11.4 Å². The summed E-state index contributed by atoms with van der Waals surface area (Å²) in [4.78, 5) is 33.2. The summed E-state index contributed by atoms with van der Waals surface area (Å²) in [5.74, 6) is 0.922.